The van der Waals surface area contributed by atoms with Crippen molar-refractivity contribution < 1.29 is 41.8 Å². The number of ether oxygens (including phenoxy) is 3. The molecule has 2 atom stereocenters. The van der Waals surface area contributed by atoms with Crippen LogP contribution in [0.3, 0.4) is 0 Å². The summed E-state index contributed by atoms with van der Waals surface area (Å²) in [6, 6.07) is 24.0. The molecule has 0 bridgehead atoms. The Morgan fingerprint density at radius 2 is 1.77 bits per heavy atom. The molecule has 2 aliphatic rings. The van der Waals surface area contributed by atoms with E-state index in [0.717, 1.165) is 5.56 Å². The summed E-state index contributed by atoms with van der Waals surface area (Å²) in [5, 5.41) is 7.66. The molecule has 0 spiro atoms. The number of amides is 3. The Kier molecular flexibility index (Phi) is 9.91. The third kappa shape index (κ3) is 7.53. The average molecular weight is 780 g/mol. The van der Waals surface area contributed by atoms with E-state index < -0.39 is 30.7 Å². The van der Waals surface area contributed by atoms with Crippen LogP contribution >= 0.6 is 0 Å². The van der Waals surface area contributed by atoms with E-state index in [4.69, 9.17) is 19.9 Å². The monoisotopic (exact) mass is 779 g/mol. The van der Waals surface area contributed by atoms with Crippen LogP contribution in [0.15, 0.2) is 97.2 Å². The quantitative estimate of drug-likeness (QED) is 0.109. The van der Waals surface area contributed by atoms with E-state index in [-0.39, 0.29) is 72.1 Å². The molecular formula is C41H36F3N7O6. The first kappa shape index (κ1) is 37.0. The van der Waals surface area contributed by atoms with Gasteiger partial charge < -0.3 is 35.1 Å². The minimum absolute atomic E-state index is 0.0414. The Bertz CT molecular complexity index is 2490. The molecule has 4 heterocycles. The molecular weight excluding hydrogens is 743 g/mol. The number of H-pyrrole nitrogens is 1. The van der Waals surface area contributed by atoms with E-state index in [1.54, 1.807) is 54.3 Å². The number of benzene rings is 4. The molecule has 16 heteroatoms. The number of nitrogen functional groups attached to an aromatic ring is 1. The fraction of sp³-hybridized carbons (Fsp3) is 0.220. The molecule has 8 rings (SSSR count). The van der Waals surface area contributed by atoms with E-state index in [1.165, 1.54) is 34.0 Å². The largest absolute Gasteiger partial charge is 0.485 e. The number of alkyl carbamates (subject to hydrolysis) is 1. The number of halogens is 3. The van der Waals surface area contributed by atoms with Gasteiger partial charge in [-0.2, -0.15) is 5.10 Å². The number of carbonyl (C=O) groups is 3. The summed E-state index contributed by atoms with van der Waals surface area (Å²) < 4.78 is 58.8. The molecule has 0 saturated carbocycles. The van der Waals surface area contributed by atoms with Crippen LogP contribution in [-0.2, 0) is 11.3 Å². The first-order chi connectivity index (χ1) is 27.5. The van der Waals surface area contributed by atoms with Gasteiger partial charge >= 0.3 is 12.1 Å². The number of hydrogen-bond acceptors (Lipinski definition) is 8. The number of carbonyl (C=O) groups excluding carboxylic acids is 3. The van der Waals surface area contributed by atoms with Crippen molar-refractivity contribution in [2.75, 3.05) is 30.3 Å². The van der Waals surface area contributed by atoms with Crippen molar-refractivity contribution in [2.24, 2.45) is 0 Å². The second kappa shape index (κ2) is 15.3. The summed E-state index contributed by atoms with van der Waals surface area (Å²) in [6.07, 6.45) is -1.57. The number of fused-ring (bicyclic) bond motifs is 2. The third-order valence-electron chi connectivity index (χ3n) is 9.93. The molecule has 2 aromatic heterocycles. The van der Waals surface area contributed by atoms with Gasteiger partial charge in [-0.15, -0.1) is 0 Å². The zero-order valence-corrected chi connectivity index (χ0v) is 30.5. The Hall–Kier alpha value is -6.97. The van der Waals surface area contributed by atoms with Crippen molar-refractivity contribution in [3.63, 3.8) is 0 Å². The summed E-state index contributed by atoms with van der Waals surface area (Å²) in [7, 11) is 0. The number of urea groups is 1. The van der Waals surface area contributed by atoms with Crippen LogP contribution in [0.5, 0.6) is 17.2 Å². The van der Waals surface area contributed by atoms with Crippen LogP contribution in [-0.4, -0.2) is 75.8 Å². The summed E-state index contributed by atoms with van der Waals surface area (Å²) in [6.45, 7) is 1.44. The predicted octanol–water partition coefficient (Wildman–Crippen LogP) is 7.36. The van der Waals surface area contributed by atoms with Crippen molar-refractivity contribution in [1.29, 1.82) is 0 Å². The Balaban J connectivity index is 0.988. The number of alkyl halides is 2. The molecule has 0 radical (unpaired) electrons. The van der Waals surface area contributed by atoms with Crippen LogP contribution < -0.4 is 25.4 Å². The first-order valence-corrected chi connectivity index (χ1v) is 18.1. The molecule has 6 aromatic rings. The van der Waals surface area contributed by atoms with Crippen LogP contribution in [0.2, 0.25) is 0 Å². The van der Waals surface area contributed by atoms with E-state index >= 15 is 0 Å². The fourth-order valence-electron chi connectivity index (χ4n) is 7.21. The molecule has 4 aromatic carbocycles. The number of rotatable bonds is 12. The highest BCUT2D eigenvalue weighted by Gasteiger charge is 2.46. The van der Waals surface area contributed by atoms with Crippen LogP contribution in [0.1, 0.15) is 33.6 Å². The number of aromatic amines is 1. The van der Waals surface area contributed by atoms with Gasteiger partial charge in [0.25, 0.3) is 6.43 Å². The van der Waals surface area contributed by atoms with E-state index in [1.807, 2.05) is 30.3 Å². The topological polar surface area (TPSA) is 157 Å². The standard InChI is InChI=1S/C41H36F3N7O6/c1-23-13-28(57-35-10-6-5-9-30(35)42)11-12-33(23)51-39(45)29(18-46-51)38(52)32-14-25-15-36(55-22-37(43)44)34(17-31(25)48-32)50-20-27-16-26(19-49(27)41(50)54)47-40(53)56-21-24-7-3-2-4-8-24/h2-15,17-18,26-27,37,48H,16,19-22,45H2,1H3,(H,47,53)/t26?,27-/m0/s1. The van der Waals surface area contributed by atoms with Gasteiger partial charge in [-0.05, 0) is 73.0 Å². The lowest BCUT2D eigenvalue weighted by atomic mass is 10.1. The summed E-state index contributed by atoms with van der Waals surface area (Å²) in [5.41, 5.74) is 9.51. The zero-order valence-electron chi connectivity index (χ0n) is 30.5. The molecule has 2 fully saturated rings. The van der Waals surface area contributed by atoms with Crippen LogP contribution in [0.25, 0.3) is 16.6 Å². The fourth-order valence-corrected chi connectivity index (χ4v) is 7.21. The van der Waals surface area contributed by atoms with E-state index in [9.17, 15) is 27.6 Å². The minimum Gasteiger partial charge on any atom is -0.485 e. The number of anilines is 2. The maximum atomic E-state index is 14.1. The van der Waals surface area contributed by atoms with Gasteiger partial charge in [0.15, 0.2) is 11.6 Å². The van der Waals surface area contributed by atoms with Crippen molar-refractivity contribution in [2.45, 2.75) is 38.5 Å². The van der Waals surface area contributed by atoms with E-state index in [2.05, 4.69) is 15.4 Å². The molecule has 292 valence electrons. The van der Waals surface area contributed by atoms with Gasteiger partial charge in [0.2, 0.25) is 5.78 Å². The van der Waals surface area contributed by atoms with Crippen molar-refractivity contribution in [1.82, 2.24) is 25.0 Å². The highest BCUT2D eigenvalue weighted by atomic mass is 19.3. The molecule has 2 saturated heterocycles. The molecule has 4 N–H and O–H groups in total. The number of aromatic nitrogens is 3. The first-order valence-electron chi connectivity index (χ1n) is 18.1. The van der Waals surface area contributed by atoms with E-state index in [0.29, 0.717) is 34.3 Å². The highest BCUT2D eigenvalue weighted by molar-refractivity contribution is 6.13. The number of ketones is 1. The molecule has 13 nitrogen and oxygen atoms in total. The van der Waals surface area contributed by atoms with Crippen molar-refractivity contribution in [3.05, 3.63) is 125 Å². The summed E-state index contributed by atoms with van der Waals surface area (Å²) >= 11 is 0. The molecule has 57 heavy (non-hydrogen) atoms. The lowest BCUT2D eigenvalue weighted by molar-refractivity contribution is 0.0822. The number of nitrogens with zero attached hydrogens (tertiary/aromatic N) is 4. The zero-order chi connectivity index (χ0) is 39.8. The van der Waals surface area contributed by atoms with Crippen molar-refractivity contribution >= 4 is 40.3 Å². The van der Waals surface area contributed by atoms with Gasteiger partial charge in [-0.25, -0.2) is 27.4 Å². The van der Waals surface area contributed by atoms with Crippen LogP contribution in [0, 0.1) is 12.7 Å². The Morgan fingerprint density at radius 1 is 0.982 bits per heavy atom. The average Bonchev–Trinajstić information content (AvgIpc) is 3.97. The Morgan fingerprint density at radius 3 is 2.53 bits per heavy atom. The maximum Gasteiger partial charge on any atom is 0.407 e. The normalized spacial score (nSPS) is 16.3. The minimum atomic E-state index is -2.78. The SMILES string of the molecule is Cc1cc(Oc2ccccc2F)ccc1-n1ncc(C(=O)c2cc3cc(OCC(F)F)c(N4C[C@@H]5CC(NC(=O)OCc6ccccc6)CN5C4=O)cc3[nH]2)c1N. The predicted molar refractivity (Wildman–Crippen MR) is 204 cm³/mol. The second-order valence-corrected chi connectivity index (χ2v) is 13.8. The second-order valence-electron chi connectivity index (χ2n) is 13.8. The van der Waals surface area contributed by atoms with Crippen molar-refractivity contribution in [3.8, 4) is 22.9 Å². The van der Waals surface area contributed by atoms with Crippen LogP contribution in [0.4, 0.5) is 34.3 Å². The molecule has 2 aliphatic heterocycles. The number of nitrogens with one attached hydrogen (secondary N) is 2. The van der Waals surface area contributed by atoms with Gasteiger partial charge in [-0.3, -0.25) is 9.69 Å². The highest BCUT2D eigenvalue weighted by Crippen LogP contribution is 2.39. The smallest absolute Gasteiger partial charge is 0.407 e. The molecule has 3 amide bonds. The van der Waals surface area contributed by atoms with Gasteiger partial charge in [0, 0.05) is 24.0 Å². The number of aryl methyl sites for hydroxylation is 1. The molecule has 1 unspecified atom stereocenters. The Labute approximate surface area is 323 Å². The van der Waals surface area contributed by atoms with Gasteiger partial charge in [0.1, 0.15) is 30.5 Å². The number of nitrogens with two attached hydrogens (primary N) is 1. The summed E-state index contributed by atoms with van der Waals surface area (Å²) in [4.78, 5) is 46.2. The number of para-hydroxylation sites is 1. The maximum absolute atomic E-state index is 14.1. The van der Waals surface area contributed by atoms with Gasteiger partial charge in [0.05, 0.1) is 40.9 Å². The molecule has 0 aliphatic carbocycles. The number of hydrogen-bond donors (Lipinski definition) is 3. The lowest BCUT2D eigenvalue weighted by Gasteiger charge is -2.22. The summed E-state index contributed by atoms with van der Waals surface area (Å²) in [5.74, 6) is -0.416. The van der Waals surface area contributed by atoms with Gasteiger partial charge in [-0.1, -0.05) is 42.5 Å². The lowest BCUT2D eigenvalue weighted by Crippen LogP contribution is -2.40. The third-order valence-corrected chi connectivity index (χ3v) is 9.93.